The Balaban J connectivity index is 1.58. The van der Waals surface area contributed by atoms with Gasteiger partial charge >= 0.3 is 11.9 Å². The maximum absolute atomic E-state index is 13.0. The molecule has 3 aromatic carbocycles. The van der Waals surface area contributed by atoms with E-state index in [0.29, 0.717) is 29.1 Å². The number of benzene rings is 3. The number of nitrogens with one attached hydrogen (secondary N) is 1. The van der Waals surface area contributed by atoms with Gasteiger partial charge in [-0.05, 0) is 109 Å². The van der Waals surface area contributed by atoms with Crippen molar-refractivity contribution in [1.82, 2.24) is 4.57 Å². The van der Waals surface area contributed by atoms with Crippen LogP contribution >= 0.6 is 22.6 Å². The molecule has 0 aliphatic carbocycles. The van der Waals surface area contributed by atoms with Gasteiger partial charge in [0.1, 0.15) is 17.4 Å². The molecule has 0 saturated heterocycles. The summed E-state index contributed by atoms with van der Waals surface area (Å²) in [4.78, 5) is 23.2. The molecule has 0 saturated carbocycles. The second-order valence-electron chi connectivity index (χ2n) is 8.83. The Morgan fingerprint density at radius 2 is 1.80 bits per heavy atom. The highest BCUT2D eigenvalue weighted by Crippen LogP contribution is 2.38. The highest BCUT2D eigenvalue weighted by atomic mass is 127. The summed E-state index contributed by atoms with van der Waals surface area (Å²) in [5, 5.41) is 23.7. The van der Waals surface area contributed by atoms with E-state index in [4.69, 9.17) is 4.74 Å². The Bertz CT molecular complexity index is 1720. The predicted molar refractivity (Wildman–Crippen MR) is 155 cm³/mol. The molecule has 0 bridgehead atoms. The van der Waals surface area contributed by atoms with E-state index in [1.54, 1.807) is 30.3 Å². The second kappa shape index (κ2) is 11.8. The van der Waals surface area contributed by atoms with E-state index in [1.165, 1.54) is 18.2 Å². The van der Waals surface area contributed by atoms with Crippen LogP contribution in [0, 0.1) is 38.9 Å². The standard InChI is InChI=1S/C29H20F3IN4O4/c1-17-12-19(13-20(16-34)28(38)35-23-5-3-4-22(33)15-23)18(2)36(17)24-7-9-25(10-8-24)41-27-11-6-21(29(30,31)32)14-26(27)37(39)40/h3-15H,1-2H3,(H,35,38)/b20-13+. The number of nitro benzene ring substituents is 1. The van der Waals surface area contributed by atoms with Crippen molar-refractivity contribution in [3.8, 4) is 23.3 Å². The molecular formula is C29H20F3IN4O4. The van der Waals surface area contributed by atoms with Gasteiger partial charge in [0.05, 0.1) is 10.5 Å². The molecule has 0 atom stereocenters. The molecule has 1 amide bonds. The average molecular weight is 672 g/mol. The summed E-state index contributed by atoms with van der Waals surface area (Å²) in [6.07, 6.45) is -3.23. The minimum Gasteiger partial charge on any atom is -0.450 e. The predicted octanol–water partition coefficient (Wildman–Crippen LogP) is 7.96. The van der Waals surface area contributed by atoms with Crippen LogP contribution in [-0.2, 0) is 11.0 Å². The Hall–Kier alpha value is -4.64. The van der Waals surface area contributed by atoms with Gasteiger partial charge in [-0.1, -0.05) is 6.07 Å². The normalized spacial score (nSPS) is 11.6. The number of nitrogens with zero attached hydrogens (tertiary/aromatic N) is 3. The second-order valence-corrected chi connectivity index (χ2v) is 10.1. The number of nitro groups is 1. The fourth-order valence-electron chi connectivity index (χ4n) is 4.11. The molecular weight excluding hydrogens is 652 g/mol. The lowest BCUT2D eigenvalue weighted by Crippen LogP contribution is -2.13. The van der Waals surface area contributed by atoms with Crippen molar-refractivity contribution in [3.05, 3.63) is 115 Å². The molecule has 0 unspecified atom stereocenters. The Kier molecular flexibility index (Phi) is 8.48. The molecule has 0 aliphatic heterocycles. The number of anilines is 1. The summed E-state index contributed by atoms with van der Waals surface area (Å²) in [5.41, 5.74) is 1.41. The Labute approximate surface area is 246 Å². The SMILES string of the molecule is Cc1cc(/C=C(\C#N)C(=O)Nc2cccc(I)c2)c(C)n1-c1ccc(Oc2ccc(C(F)(F)F)cc2[N+](=O)[O-])cc1. The largest absolute Gasteiger partial charge is 0.450 e. The van der Waals surface area contributed by atoms with Gasteiger partial charge in [0.2, 0.25) is 5.75 Å². The Morgan fingerprint density at radius 3 is 2.41 bits per heavy atom. The van der Waals surface area contributed by atoms with Gasteiger partial charge in [0, 0.05) is 32.4 Å². The van der Waals surface area contributed by atoms with Crippen molar-refractivity contribution in [2.24, 2.45) is 0 Å². The zero-order chi connectivity index (χ0) is 29.9. The van der Waals surface area contributed by atoms with Crippen LogP contribution in [0.5, 0.6) is 11.5 Å². The van der Waals surface area contributed by atoms with Gasteiger partial charge < -0.3 is 14.6 Å². The van der Waals surface area contributed by atoms with E-state index in [0.717, 1.165) is 21.0 Å². The van der Waals surface area contributed by atoms with Crippen molar-refractivity contribution in [2.75, 3.05) is 5.32 Å². The molecule has 0 fully saturated rings. The molecule has 41 heavy (non-hydrogen) atoms. The van der Waals surface area contributed by atoms with E-state index in [1.807, 2.05) is 36.6 Å². The van der Waals surface area contributed by atoms with Crippen LogP contribution < -0.4 is 10.1 Å². The molecule has 4 rings (SSSR count). The number of alkyl halides is 3. The highest BCUT2D eigenvalue weighted by Gasteiger charge is 2.33. The van der Waals surface area contributed by atoms with Crippen LogP contribution in [0.2, 0.25) is 0 Å². The number of aromatic nitrogens is 1. The number of hydrogen-bond acceptors (Lipinski definition) is 5. The van der Waals surface area contributed by atoms with Crippen LogP contribution in [0.15, 0.2) is 78.4 Å². The zero-order valence-electron chi connectivity index (χ0n) is 21.5. The molecule has 1 heterocycles. The fraction of sp³-hybridized carbons (Fsp3) is 0.103. The quantitative estimate of drug-likeness (QED) is 0.0705. The third kappa shape index (κ3) is 6.75. The number of rotatable bonds is 7. The smallest absolute Gasteiger partial charge is 0.416 e. The first-order valence-corrected chi connectivity index (χ1v) is 13.0. The highest BCUT2D eigenvalue weighted by molar-refractivity contribution is 14.1. The number of hydrogen-bond donors (Lipinski definition) is 1. The molecule has 8 nitrogen and oxygen atoms in total. The van der Waals surface area contributed by atoms with Crippen LogP contribution in [0.4, 0.5) is 24.5 Å². The summed E-state index contributed by atoms with van der Waals surface area (Å²) >= 11 is 2.12. The van der Waals surface area contributed by atoms with E-state index < -0.39 is 28.3 Å². The molecule has 4 aromatic rings. The monoisotopic (exact) mass is 672 g/mol. The molecule has 208 valence electrons. The number of halogens is 4. The van der Waals surface area contributed by atoms with Crippen LogP contribution in [0.25, 0.3) is 11.8 Å². The number of carbonyl (C=O) groups is 1. The van der Waals surface area contributed by atoms with Gasteiger partial charge in [-0.25, -0.2) is 0 Å². The first-order valence-electron chi connectivity index (χ1n) is 11.9. The lowest BCUT2D eigenvalue weighted by atomic mass is 10.1. The molecule has 0 aliphatic rings. The fourth-order valence-corrected chi connectivity index (χ4v) is 4.66. The minimum absolute atomic E-state index is 0.0778. The van der Waals surface area contributed by atoms with Gasteiger partial charge in [-0.2, -0.15) is 18.4 Å². The average Bonchev–Trinajstić information content (AvgIpc) is 3.19. The number of amides is 1. The first-order chi connectivity index (χ1) is 19.4. The number of carbonyl (C=O) groups excluding carboxylic acids is 1. The molecule has 12 heteroatoms. The lowest BCUT2D eigenvalue weighted by Gasteiger charge is -2.12. The van der Waals surface area contributed by atoms with Gasteiger partial charge in [-0.15, -0.1) is 0 Å². The van der Waals surface area contributed by atoms with E-state index in [2.05, 4.69) is 27.9 Å². The Morgan fingerprint density at radius 1 is 1.10 bits per heavy atom. The molecule has 0 radical (unpaired) electrons. The third-order valence-electron chi connectivity index (χ3n) is 6.02. The summed E-state index contributed by atoms with van der Waals surface area (Å²) in [6.45, 7) is 3.67. The minimum atomic E-state index is -4.73. The summed E-state index contributed by atoms with van der Waals surface area (Å²) in [5.74, 6) is -0.694. The van der Waals surface area contributed by atoms with Crippen molar-refractivity contribution < 1.29 is 27.6 Å². The van der Waals surface area contributed by atoms with Crippen molar-refractivity contribution in [2.45, 2.75) is 20.0 Å². The first kappa shape index (κ1) is 29.3. The van der Waals surface area contributed by atoms with E-state index in [-0.39, 0.29) is 17.1 Å². The topological polar surface area (TPSA) is 110 Å². The maximum Gasteiger partial charge on any atom is 0.416 e. The van der Waals surface area contributed by atoms with Gasteiger partial charge in [0.25, 0.3) is 5.91 Å². The summed E-state index contributed by atoms with van der Waals surface area (Å²) in [7, 11) is 0. The maximum atomic E-state index is 13.0. The van der Waals surface area contributed by atoms with Gasteiger partial charge in [0.15, 0.2) is 0 Å². The van der Waals surface area contributed by atoms with Gasteiger partial charge in [-0.3, -0.25) is 14.9 Å². The third-order valence-corrected chi connectivity index (χ3v) is 6.69. The molecule has 0 spiro atoms. The van der Waals surface area contributed by atoms with Crippen molar-refractivity contribution in [3.63, 3.8) is 0 Å². The van der Waals surface area contributed by atoms with Crippen LogP contribution in [0.1, 0.15) is 22.5 Å². The summed E-state index contributed by atoms with van der Waals surface area (Å²) in [6, 6.07) is 19.4. The zero-order valence-corrected chi connectivity index (χ0v) is 23.6. The number of ether oxygens (including phenoxy) is 1. The van der Waals surface area contributed by atoms with Crippen molar-refractivity contribution in [1.29, 1.82) is 5.26 Å². The lowest BCUT2D eigenvalue weighted by molar-refractivity contribution is -0.385. The molecule has 1 N–H and O–H groups in total. The summed E-state index contributed by atoms with van der Waals surface area (Å²) < 4.78 is 47.3. The van der Waals surface area contributed by atoms with E-state index in [9.17, 15) is 33.3 Å². The number of aryl methyl sites for hydroxylation is 1. The van der Waals surface area contributed by atoms with Crippen molar-refractivity contribution >= 4 is 45.9 Å². The number of nitriles is 1. The van der Waals surface area contributed by atoms with Crippen LogP contribution in [0.3, 0.4) is 0 Å². The molecule has 1 aromatic heterocycles. The van der Waals surface area contributed by atoms with Crippen LogP contribution in [-0.4, -0.2) is 15.4 Å². The van der Waals surface area contributed by atoms with E-state index >= 15 is 0 Å².